The first-order valence-corrected chi connectivity index (χ1v) is 8.04. The number of thioether (sulfide) groups is 1. The van der Waals surface area contributed by atoms with Gasteiger partial charge < -0.3 is 4.98 Å². The molecule has 0 saturated carbocycles. The molecular formula is C17H14N2S2. The van der Waals surface area contributed by atoms with Gasteiger partial charge in [0.15, 0.2) is 0 Å². The predicted molar refractivity (Wildman–Crippen MR) is 93.5 cm³/mol. The van der Waals surface area contributed by atoms with E-state index < -0.39 is 0 Å². The van der Waals surface area contributed by atoms with E-state index in [1.54, 1.807) is 11.8 Å². The molecule has 21 heavy (non-hydrogen) atoms. The third kappa shape index (κ3) is 3.60. The zero-order valence-electron chi connectivity index (χ0n) is 11.3. The molecule has 2 aromatic carbocycles. The van der Waals surface area contributed by atoms with Crippen LogP contribution in [-0.4, -0.2) is 14.2 Å². The maximum Gasteiger partial charge on any atom is 0.137 e. The van der Waals surface area contributed by atoms with Crippen LogP contribution in [0, 0.1) is 0 Å². The summed E-state index contributed by atoms with van der Waals surface area (Å²) in [6.45, 7) is 0. The van der Waals surface area contributed by atoms with E-state index in [1.165, 1.54) is 5.56 Å². The summed E-state index contributed by atoms with van der Waals surface area (Å²) in [5.41, 5.74) is 3.25. The van der Waals surface area contributed by atoms with Gasteiger partial charge in [0.05, 0.1) is 16.1 Å². The molecular weight excluding hydrogens is 296 g/mol. The highest BCUT2D eigenvalue weighted by Crippen LogP contribution is 2.21. The number of rotatable bonds is 4. The van der Waals surface area contributed by atoms with Crippen LogP contribution >= 0.6 is 24.0 Å². The van der Waals surface area contributed by atoms with Gasteiger partial charge in [-0.1, -0.05) is 72.9 Å². The average Bonchev–Trinajstić information content (AvgIpc) is 3.04. The van der Waals surface area contributed by atoms with E-state index in [9.17, 15) is 0 Å². The Kier molecular flexibility index (Phi) is 4.48. The Morgan fingerprint density at radius 1 is 1.00 bits per heavy atom. The minimum atomic E-state index is 0.841. The molecule has 0 bridgehead atoms. The number of aromatic amines is 1. The van der Waals surface area contributed by atoms with Crippen molar-refractivity contribution in [3.63, 3.8) is 0 Å². The third-order valence-corrected chi connectivity index (χ3v) is 4.59. The van der Waals surface area contributed by atoms with Crippen molar-refractivity contribution < 1.29 is 0 Å². The summed E-state index contributed by atoms with van der Waals surface area (Å²) in [6.07, 6.45) is 1.81. The summed E-state index contributed by atoms with van der Waals surface area (Å²) in [6, 6.07) is 20.4. The molecule has 0 saturated heterocycles. The molecule has 0 unspecified atom stereocenters. The Balaban J connectivity index is 1.67. The van der Waals surface area contributed by atoms with Crippen molar-refractivity contribution in [2.75, 3.05) is 0 Å². The largest absolute Gasteiger partial charge is 0.337 e. The SMILES string of the molecule is S=C(SCc1ccccc1)c1cnc(-c2ccccc2)[nH]1. The number of hydrogen-bond donors (Lipinski definition) is 1. The van der Waals surface area contributed by atoms with Crippen LogP contribution in [0.15, 0.2) is 66.9 Å². The number of aromatic nitrogens is 2. The Labute approximate surface area is 133 Å². The maximum absolute atomic E-state index is 5.47. The topological polar surface area (TPSA) is 28.7 Å². The highest BCUT2D eigenvalue weighted by molar-refractivity contribution is 8.23. The Morgan fingerprint density at radius 3 is 2.38 bits per heavy atom. The van der Waals surface area contributed by atoms with Crippen LogP contribution in [0.2, 0.25) is 0 Å². The van der Waals surface area contributed by atoms with Crippen LogP contribution in [0.5, 0.6) is 0 Å². The van der Waals surface area contributed by atoms with Gasteiger partial charge >= 0.3 is 0 Å². The van der Waals surface area contributed by atoms with Crippen molar-refractivity contribution in [1.82, 2.24) is 9.97 Å². The first-order chi connectivity index (χ1) is 10.3. The molecule has 0 spiro atoms. The summed E-state index contributed by atoms with van der Waals surface area (Å²) >= 11 is 7.13. The number of hydrogen-bond acceptors (Lipinski definition) is 3. The molecule has 0 atom stereocenters. The lowest BCUT2D eigenvalue weighted by atomic mass is 10.2. The number of H-pyrrole nitrogens is 1. The molecule has 0 aliphatic carbocycles. The standard InChI is InChI=1S/C17H14N2S2/c20-17(21-12-13-7-3-1-4-8-13)15-11-18-16(19-15)14-9-5-2-6-10-14/h1-11H,12H2,(H,18,19). The van der Waals surface area contributed by atoms with Crippen molar-refractivity contribution in [3.05, 3.63) is 78.1 Å². The molecule has 3 rings (SSSR count). The summed E-state index contributed by atoms with van der Waals surface area (Å²) in [7, 11) is 0. The third-order valence-electron chi connectivity index (χ3n) is 3.06. The Bertz CT molecular complexity index is 721. The van der Waals surface area contributed by atoms with Crippen LogP contribution < -0.4 is 0 Å². The molecule has 1 heterocycles. The molecule has 0 fully saturated rings. The normalized spacial score (nSPS) is 10.5. The fourth-order valence-electron chi connectivity index (χ4n) is 1.97. The molecule has 3 aromatic rings. The van der Waals surface area contributed by atoms with Gasteiger partial charge in [-0.25, -0.2) is 4.98 Å². The number of benzene rings is 2. The molecule has 2 nitrogen and oxygen atoms in total. The maximum atomic E-state index is 5.47. The zero-order valence-corrected chi connectivity index (χ0v) is 13.0. The highest BCUT2D eigenvalue weighted by atomic mass is 32.2. The second-order valence-electron chi connectivity index (χ2n) is 4.57. The van der Waals surface area contributed by atoms with Crippen LogP contribution in [0.3, 0.4) is 0 Å². The summed E-state index contributed by atoms with van der Waals surface area (Å²) in [5, 5.41) is 0. The van der Waals surface area contributed by atoms with Crippen molar-refractivity contribution in [1.29, 1.82) is 0 Å². The molecule has 0 aliphatic heterocycles. The molecule has 1 N–H and O–H groups in total. The molecule has 1 aromatic heterocycles. The smallest absolute Gasteiger partial charge is 0.137 e. The van der Waals surface area contributed by atoms with Gasteiger partial charge in [0.2, 0.25) is 0 Å². The lowest BCUT2D eigenvalue weighted by Crippen LogP contribution is -1.93. The minimum absolute atomic E-state index is 0.841. The van der Waals surface area contributed by atoms with E-state index in [1.807, 2.05) is 54.7 Å². The quantitative estimate of drug-likeness (QED) is 0.709. The van der Waals surface area contributed by atoms with Crippen LogP contribution in [0.25, 0.3) is 11.4 Å². The molecule has 104 valence electrons. The summed E-state index contributed by atoms with van der Waals surface area (Å²) < 4.78 is 0.841. The van der Waals surface area contributed by atoms with E-state index in [4.69, 9.17) is 12.2 Å². The van der Waals surface area contributed by atoms with E-state index >= 15 is 0 Å². The van der Waals surface area contributed by atoms with E-state index in [2.05, 4.69) is 22.1 Å². The van der Waals surface area contributed by atoms with Crippen LogP contribution in [-0.2, 0) is 5.75 Å². The molecule has 4 heteroatoms. The minimum Gasteiger partial charge on any atom is -0.337 e. The second kappa shape index (κ2) is 6.70. The lowest BCUT2D eigenvalue weighted by Gasteiger charge is -2.01. The lowest BCUT2D eigenvalue weighted by molar-refractivity contribution is 1.31. The van der Waals surface area contributed by atoms with Crippen LogP contribution in [0.4, 0.5) is 0 Å². The van der Waals surface area contributed by atoms with Gasteiger partial charge in [-0.05, 0) is 5.56 Å². The average molecular weight is 310 g/mol. The van der Waals surface area contributed by atoms with Crippen molar-refractivity contribution >= 4 is 28.2 Å². The van der Waals surface area contributed by atoms with Gasteiger partial charge in [0.25, 0.3) is 0 Å². The van der Waals surface area contributed by atoms with Crippen molar-refractivity contribution in [3.8, 4) is 11.4 Å². The first kappa shape index (κ1) is 14.0. The summed E-state index contributed by atoms with van der Waals surface area (Å²) in [5.74, 6) is 1.73. The number of nitrogens with zero attached hydrogens (tertiary/aromatic N) is 1. The van der Waals surface area contributed by atoms with E-state index in [0.717, 1.165) is 27.0 Å². The van der Waals surface area contributed by atoms with Crippen molar-refractivity contribution in [2.24, 2.45) is 0 Å². The van der Waals surface area contributed by atoms with Gasteiger partial charge in [-0.2, -0.15) is 0 Å². The highest BCUT2D eigenvalue weighted by Gasteiger charge is 2.08. The van der Waals surface area contributed by atoms with Crippen LogP contribution in [0.1, 0.15) is 11.3 Å². The fraction of sp³-hybridized carbons (Fsp3) is 0.0588. The number of imidazole rings is 1. The molecule has 0 aliphatic rings. The Morgan fingerprint density at radius 2 is 1.67 bits per heavy atom. The monoisotopic (exact) mass is 310 g/mol. The molecule has 0 radical (unpaired) electrons. The van der Waals surface area contributed by atoms with E-state index in [-0.39, 0.29) is 0 Å². The van der Waals surface area contributed by atoms with E-state index in [0.29, 0.717) is 0 Å². The van der Waals surface area contributed by atoms with Gasteiger partial charge in [0.1, 0.15) is 5.82 Å². The van der Waals surface area contributed by atoms with Gasteiger partial charge in [-0.3, -0.25) is 0 Å². The fourth-order valence-corrected chi connectivity index (χ4v) is 3.00. The van der Waals surface area contributed by atoms with Crippen molar-refractivity contribution in [2.45, 2.75) is 5.75 Å². The first-order valence-electron chi connectivity index (χ1n) is 6.64. The number of thiocarbonyl (C=S) groups is 1. The zero-order chi connectivity index (χ0) is 14.5. The van der Waals surface area contributed by atoms with Gasteiger partial charge in [-0.15, -0.1) is 11.8 Å². The second-order valence-corrected chi connectivity index (χ2v) is 6.23. The predicted octanol–water partition coefficient (Wildman–Crippen LogP) is 4.69. The summed E-state index contributed by atoms with van der Waals surface area (Å²) in [4.78, 5) is 7.70. The Hall–Kier alpha value is -1.91. The number of nitrogens with one attached hydrogen (secondary N) is 1. The van der Waals surface area contributed by atoms with Gasteiger partial charge in [0, 0.05) is 11.3 Å². The molecule has 0 amide bonds.